The van der Waals surface area contributed by atoms with Crippen molar-refractivity contribution in [2.24, 2.45) is 0 Å². The van der Waals surface area contributed by atoms with Crippen molar-refractivity contribution in [1.29, 1.82) is 0 Å². The zero-order chi connectivity index (χ0) is 33.0. The van der Waals surface area contributed by atoms with Crippen LogP contribution in [0.25, 0.3) is 20.7 Å². The number of ether oxygens (including phenoxy) is 1. The Hall–Kier alpha value is -4.87. The molecule has 5 aromatic rings. The molecule has 8 nitrogen and oxygen atoms in total. The van der Waals surface area contributed by atoms with Crippen LogP contribution in [0.4, 0.5) is 19.3 Å². The highest BCUT2D eigenvalue weighted by Gasteiger charge is 2.26. The molecular weight excluding hydrogens is 610 g/mol. The van der Waals surface area contributed by atoms with Crippen LogP contribution in [0.15, 0.2) is 83.8 Å². The van der Waals surface area contributed by atoms with Gasteiger partial charge in [0.2, 0.25) is 5.43 Å². The fourth-order valence-electron chi connectivity index (χ4n) is 5.19. The number of anilines is 1. The van der Waals surface area contributed by atoms with E-state index >= 15 is 0 Å². The van der Waals surface area contributed by atoms with Crippen LogP contribution in [0.2, 0.25) is 0 Å². The number of hydrogen-bond donors (Lipinski definition) is 2. The summed E-state index contributed by atoms with van der Waals surface area (Å²) in [5.74, 6) is -2.29. The molecule has 0 aliphatic carbocycles. The largest absolute Gasteiger partial charge is 0.459 e. The monoisotopic (exact) mass is 644 g/mol. The van der Waals surface area contributed by atoms with Crippen molar-refractivity contribution in [2.75, 3.05) is 19.4 Å². The lowest BCUT2D eigenvalue weighted by molar-refractivity contribution is 0.0375. The van der Waals surface area contributed by atoms with E-state index in [2.05, 4.69) is 15.5 Å². The van der Waals surface area contributed by atoms with Gasteiger partial charge in [-0.25, -0.2) is 18.4 Å². The van der Waals surface area contributed by atoms with Gasteiger partial charge in [-0.05, 0) is 61.9 Å². The maximum absolute atomic E-state index is 14.9. The van der Waals surface area contributed by atoms with Gasteiger partial charge in [-0.1, -0.05) is 48.5 Å². The number of esters is 1. The summed E-state index contributed by atoms with van der Waals surface area (Å²) in [6, 6.07) is 20.3. The molecule has 2 aromatic heterocycles. The van der Waals surface area contributed by atoms with Gasteiger partial charge in [0.15, 0.2) is 0 Å². The van der Waals surface area contributed by atoms with Gasteiger partial charge in [-0.3, -0.25) is 9.69 Å². The lowest BCUT2D eigenvalue weighted by atomic mass is 10.0. The number of thiophene rings is 1. The van der Waals surface area contributed by atoms with Crippen LogP contribution in [0.5, 0.6) is 0 Å². The SMILES string of the molecule is CNC(=O)Nc1ccc(-c2sc3c(c2CN(C)Cc2ccccc2)c(=O)c(C(=O)OC(C)C)cn3Cc2c(F)cccc2F)cc1. The van der Waals surface area contributed by atoms with E-state index in [4.69, 9.17) is 4.74 Å². The summed E-state index contributed by atoms with van der Waals surface area (Å²) in [6.07, 6.45) is 0.839. The fourth-order valence-corrected chi connectivity index (χ4v) is 6.48. The molecule has 0 saturated carbocycles. The first-order chi connectivity index (χ1) is 22.0. The molecule has 0 atom stereocenters. The van der Waals surface area contributed by atoms with Gasteiger partial charge in [-0.2, -0.15) is 0 Å². The summed E-state index contributed by atoms with van der Waals surface area (Å²) in [5.41, 5.74) is 2.13. The number of halogens is 2. The first-order valence-electron chi connectivity index (χ1n) is 14.7. The molecular formula is C35H34F2N4O4S. The van der Waals surface area contributed by atoms with Crippen molar-refractivity contribution in [3.05, 3.63) is 123 Å². The topological polar surface area (TPSA) is 92.7 Å². The van der Waals surface area contributed by atoms with E-state index in [9.17, 15) is 23.2 Å². The van der Waals surface area contributed by atoms with Gasteiger partial charge < -0.3 is 19.9 Å². The van der Waals surface area contributed by atoms with Gasteiger partial charge in [0.1, 0.15) is 22.0 Å². The number of carbonyl (C=O) groups is 2. The lowest BCUT2D eigenvalue weighted by Crippen LogP contribution is -2.24. The number of rotatable bonds is 10. The summed E-state index contributed by atoms with van der Waals surface area (Å²) in [5, 5.41) is 5.52. The van der Waals surface area contributed by atoms with Crippen molar-refractivity contribution in [1.82, 2.24) is 14.8 Å². The number of benzene rings is 3. The van der Waals surface area contributed by atoms with E-state index in [0.29, 0.717) is 29.2 Å². The van der Waals surface area contributed by atoms with Crippen molar-refractivity contribution in [3.8, 4) is 10.4 Å². The molecule has 46 heavy (non-hydrogen) atoms. The average Bonchev–Trinajstić information content (AvgIpc) is 3.40. The Kier molecular flexibility index (Phi) is 9.93. The number of nitrogens with one attached hydrogen (secondary N) is 2. The highest BCUT2D eigenvalue weighted by molar-refractivity contribution is 7.22. The molecule has 0 aliphatic heterocycles. The lowest BCUT2D eigenvalue weighted by Gasteiger charge is -2.18. The molecule has 0 bridgehead atoms. The Bertz CT molecular complexity index is 1920. The molecule has 2 N–H and O–H groups in total. The Labute approximate surface area is 269 Å². The summed E-state index contributed by atoms with van der Waals surface area (Å²) < 4.78 is 36.7. The fraction of sp³-hybridized carbons (Fsp3) is 0.229. The summed E-state index contributed by atoms with van der Waals surface area (Å²) in [6.45, 7) is 4.01. The zero-order valence-electron chi connectivity index (χ0n) is 25.9. The van der Waals surface area contributed by atoms with Crippen LogP contribution in [-0.2, 0) is 24.4 Å². The van der Waals surface area contributed by atoms with Gasteiger partial charge in [0.05, 0.1) is 18.0 Å². The third-order valence-corrected chi connectivity index (χ3v) is 8.63. The summed E-state index contributed by atoms with van der Waals surface area (Å²) in [7, 11) is 3.45. The maximum atomic E-state index is 14.9. The first kappa shape index (κ1) is 32.5. The number of amides is 2. The smallest absolute Gasteiger partial charge is 0.343 e. The number of carbonyl (C=O) groups excluding carboxylic acids is 2. The average molecular weight is 645 g/mol. The maximum Gasteiger partial charge on any atom is 0.343 e. The van der Waals surface area contributed by atoms with E-state index in [0.717, 1.165) is 16.0 Å². The second-order valence-corrected chi connectivity index (χ2v) is 12.2. The van der Waals surface area contributed by atoms with Gasteiger partial charge in [0.25, 0.3) is 0 Å². The normalized spacial score (nSPS) is 11.3. The number of urea groups is 1. The van der Waals surface area contributed by atoms with Crippen molar-refractivity contribution >= 4 is 39.2 Å². The molecule has 0 aliphatic rings. The number of hydrogen-bond acceptors (Lipinski definition) is 6. The molecule has 11 heteroatoms. The van der Waals surface area contributed by atoms with Crippen LogP contribution < -0.4 is 16.1 Å². The predicted molar refractivity (Wildman–Crippen MR) is 177 cm³/mol. The second-order valence-electron chi connectivity index (χ2n) is 11.2. The Morgan fingerprint density at radius 1 is 0.935 bits per heavy atom. The third kappa shape index (κ3) is 7.16. The van der Waals surface area contributed by atoms with E-state index in [1.807, 2.05) is 49.5 Å². The van der Waals surface area contributed by atoms with Crippen molar-refractivity contribution in [3.63, 3.8) is 0 Å². The van der Waals surface area contributed by atoms with Gasteiger partial charge in [-0.15, -0.1) is 11.3 Å². The minimum absolute atomic E-state index is 0.196. The Morgan fingerprint density at radius 2 is 1.61 bits per heavy atom. The molecule has 2 amide bonds. The van der Waals surface area contributed by atoms with E-state index in [1.54, 1.807) is 30.5 Å². The van der Waals surface area contributed by atoms with Crippen LogP contribution >= 0.6 is 11.3 Å². The molecule has 0 saturated heterocycles. The van der Waals surface area contributed by atoms with Crippen LogP contribution in [0.3, 0.4) is 0 Å². The quantitative estimate of drug-likeness (QED) is 0.160. The first-order valence-corrected chi connectivity index (χ1v) is 15.5. The molecule has 5 rings (SSSR count). The number of nitrogens with zero attached hydrogens (tertiary/aromatic N) is 2. The zero-order valence-corrected chi connectivity index (χ0v) is 26.7. The van der Waals surface area contributed by atoms with Crippen molar-refractivity contribution in [2.45, 2.75) is 39.6 Å². The molecule has 0 fully saturated rings. The van der Waals surface area contributed by atoms with E-state index in [-0.39, 0.29) is 29.1 Å². The molecule has 2 heterocycles. The predicted octanol–water partition coefficient (Wildman–Crippen LogP) is 7.01. The highest BCUT2D eigenvalue weighted by Crippen LogP contribution is 2.39. The minimum atomic E-state index is -0.814. The van der Waals surface area contributed by atoms with Crippen LogP contribution in [0.1, 0.15) is 40.9 Å². The van der Waals surface area contributed by atoms with Crippen LogP contribution in [-0.4, -0.2) is 41.7 Å². The Balaban J connectivity index is 1.72. The van der Waals surface area contributed by atoms with E-state index in [1.165, 1.54) is 42.8 Å². The summed E-state index contributed by atoms with van der Waals surface area (Å²) in [4.78, 5) is 42.5. The van der Waals surface area contributed by atoms with Gasteiger partial charge >= 0.3 is 12.0 Å². The third-order valence-electron chi connectivity index (χ3n) is 7.31. The number of fused-ring (bicyclic) bond motifs is 1. The number of pyridine rings is 1. The Morgan fingerprint density at radius 3 is 2.24 bits per heavy atom. The van der Waals surface area contributed by atoms with Crippen LogP contribution in [0, 0.1) is 11.6 Å². The molecule has 238 valence electrons. The van der Waals surface area contributed by atoms with Crippen molar-refractivity contribution < 1.29 is 23.1 Å². The minimum Gasteiger partial charge on any atom is -0.459 e. The summed E-state index contributed by atoms with van der Waals surface area (Å²) >= 11 is 1.30. The molecule has 0 unspecified atom stereocenters. The molecule has 0 radical (unpaired) electrons. The standard InChI is InChI=1S/C35H34F2N4O4S/c1-21(2)45-34(43)27-20-41(19-25-28(36)11-8-12-29(25)37)33-30(31(27)42)26(18-40(4)17-22-9-6-5-7-10-22)32(46-33)23-13-15-24(16-14-23)39-35(44)38-3/h5-16,20-21H,17-19H2,1-4H3,(H2,38,39,44). The molecule has 3 aromatic carbocycles. The second kappa shape index (κ2) is 14.1. The number of aromatic nitrogens is 1. The highest BCUT2D eigenvalue weighted by atomic mass is 32.1. The molecule has 0 spiro atoms. The van der Waals surface area contributed by atoms with Gasteiger partial charge in [0, 0.05) is 42.5 Å². The van der Waals surface area contributed by atoms with E-state index < -0.39 is 29.1 Å².